The Morgan fingerprint density at radius 3 is 2.38 bits per heavy atom. The summed E-state index contributed by atoms with van der Waals surface area (Å²) in [6, 6.07) is 15.2. The average Bonchev–Trinajstić information content (AvgIpc) is 3.58. The normalized spacial score (nSPS) is 21.2. The van der Waals surface area contributed by atoms with Crippen LogP contribution in [-0.2, 0) is 17.6 Å². The summed E-state index contributed by atoms with van der Waals surface area (Å²) >= 11 is 0. The van der Waals surface area contributed by atoms with Crippen LogP contribution in [0.1, 0.15) is 79.3 Å². The monoisotopic (exact) mass is 461 g/mol. The first-order valence-electron chi connectivity index (χ1n) is 12.5. The molecular formula is C28H32FN3O2. The number of carbonyl (C=O) groups excluding carboxylic acids is 1. The lowest BCUT2D eigenvalue weighted by molar-refractivity contribution is -0.137. The Labute approximate surface area is 200 Å². The number of nitrogens with zero attached hydrogens (tertiary/aromatic N) is 3. The van der Waals surface area contributed by atoms with Crippen molar-refractivity contribution in [3.8, 4) is 0 Å². The predicted octanol–water partition coefficient (Wildman–Crippen LogP) is 5.65. The van der Waals surface area contributed by atoms with Gasteiger partial charge in [-0.3, -0.25) is 4.79 Å². The Hall–Kier alpha value is -3.02. The molecule has 0 N–H and O–H groups in total. The van der Waals surface area contributed by atoms with Crippen LogP contribution in [0, 0.1) is 11.7 Å². The van der Waals surface area contributed by atoms with Crippen molar-refractivity contribution < 1.29 is 13.7 Å². The van der Waals surface area contributed by atoms with E-state index in [9.17, 15) is 9.18 Å². The van der Waals surface area contributed by atoms with E-state index >= 15 is 0 Å². The lowest BCUT2D eigenvalue weighted by Crippen LogP contribution is -2.44. The number of carbonyl (C=O) groups is 1. The van der Waals surface area contributed by atoms with Crippen molar-refractivity contribution in [1.82, 2.24) is 15.0 Å². The number of aryl methyl sites for hydroxylation is 1. The molecule has 2 unspecified atom stereocenters. The fourth-order valence-corrected chi connectivity index (χ4v) is 5.45. The lowest BCUT2D eigenvalue weighted by Gasteiger charge is -2.38. The van der Waals surface area contributed by atoms with E-state index in [-0.39, 0.29) is 29.5 Å². The molecule has 1 amide bonds. The zero-order chi connectivity index (χ0) is 23.5. The van der Waals surface area contributed by atoms with E-state index in [4.69, 9.17) is 4.52 Å². The number of likely N-dealkylation sites (tertiary alicyclic amines) is 1. The number of benzene rings is 2. The second-order valence-corrected chi connectivity index (χ2v) is 9.80. The van der Waals surface area contributed by atoms with Gasteiger partial charge in [0.15, 0.2) is 5.82 Å². The van der Waals surface area contributed by atoms with Crippen LogP contribution in [0.25, 0.3) is 0 Å². The summed E-state index contributed by atoms with van der Waals surface area (Å²) in [5, 5.41) is 4.19. The molecule has 2 aliphatic rings. The number of hydrogen-bond acceptors (Lipinski definition) is 4. The topological polar surface area (TPSA) is 59.2 Å². The molecule has 0 radical (unpaired) electrons. The van der Waals surface area contributed by atoms with Crippen molar-refractivity contribution in [2.24, 2.45) is 5.92 Å². The van der Waals surface area contributed by atoms with Gasteiger partial charge in [0.25, 0.3) is 0 Å². The van der Waals surface area contributed by atoms with Gasteiger partial charge in [0, 0.05) is 31.3 Å². The highest BCUT2D eigenvalue weighted by Gasteiger charge is 2.37. The van der Waals surface area contributed by atoms with Crippen LogP contribution in [0.5, 0.6) is 0 Å². The number of halogens is 1. The largest absolute Gasteiger partial charge is 0.341 e. The zero-order valence-electron chi connectivity index (χ0n) is 19.8. The summed E-state index contributed by atoms with van der Waals surface area (Å²) in [6.07, 6.45) is 6.66. The van der Waals surface area contributed by atoms with Gasteiger partial charge in [-0.25, -0.2) is 4.39 Å². The maximum absolute atomic E-state index is 13.4. The minimum absolute atomic E-state index is 0.00409. The van der Waals surface area contributed by atoms with Crippen molar-refractivity contribution in [1.29, 1.82) is 0 Å². The first-order chi connectivity index (χ1) is 16.6. The molecule has 2 aromatic carbocycles. The number of aromatic nitrogens is 2. The number of rotatable bonds is 6. The second kappa shape index (κ2) is 10.1. The highest BCUT2D eigenvalue weighted by molar-refractivity contribution is 5.79. The van der Waals surface area contributed by atoms with Gasteiger partial charge < -0.3 is 9.42 Å². The van der Waals surface area contributed by atoms with Crippen molar-refractivity contribution in [2.75, 3.05) is 13.1 Å². The molecule has 1 saturated carbocycles. The first-order valence-corrected chi connectivity index (χ1v) is 12.5. The molecule has 5 rings (SSSR count). The third-order valence-corrected chi connectivity index (χ3v) is 7.43. The number of hydrogen-bond donors (Lipinski definition) is 0. The van der Waals surface area contributed by atoms with E-state index in [0.29, 0.717) is 24.7 Å². The Kier molecular flexibility index (Phi) is 6.75. The maximum Gasteiger partial charge on any atom is 0.231 e. The molecule has 34 heavy (non-hydrogen) atoms. The van der Waals surface area contributed by atoms with E-state index in [1.165, 1.54) is 23.3 Å². The maximum atomic E-state index is 13.4. The molecule has 0 bridgehead atoms. The summed E-state index contributed by atoms with van der Waals surface area (Å²) in [5.41, 5.74) is 3.51. The SMILES string of the molecule is CCc1ccc(C2CC(c3nc(Cc4ccc(F)cc4)no3)CN(C(=O)C3CCCC3)C2)cc1. The highest BCUT2D eigenvalue weighted by Crippen LogP contribution is 2.37. The fourth-order valence-electron chi connectivity index (χ4n) is 5.45. The van der Waals surface area contributed by atoms with Crippen LogP contribution < -0.4 is 0 Å². The number of amides is 1. The van der Waals surface area contributed by atoms with Crippen molar-refractivity contribution in [3.63, 3.8) is 0 Å². The smallest absolute Gasteiger partial charge is 0.231 e. The van der Waals surface area contributed by atoms with Gasteiger partial charge in [-0.15, -0.1) is 0 Å². The molecule has 1 saturated heterocycles. The van der Waals surface area contributed by atoms with E-state index in [1.54, 1.807) is 12.1 Å². The standard InChI is InChI=1S/C28H32FN3O2/c1-2-19-7-11-21(12-8-19)23-16-24(18-32(17-23)28(33)22-5-3-4-6-22)27-30-26(31-34-27)15-20-9-13-25(29)14-10-20/h7-14,22-24H,2-6,15-18H2,1H3. The first kappa shape index (κ1) is 22.8. The van der Waals surface area contributed by atoms with Gasteiger partial charge >= 0.3 is 0 Å². The highest BCUT2D eigenvalue weighted by atomic mass is 19.1. The van der Waals surface area contributed by atoms with Gasteiger partial charge in [0.05, 0.1) is 5.92 Å². The third-order valence-electron chi connectivity index (χ3n) is 7.43. The summed E-state index contributed by atoms with van der Waals surface area (Å²) in [4.78, 5) is 20.1. The van der Waals surface area contributed by atoms with Gasteiger partial charge in [0.2, 0.25) is 11.8 Å². The van der Waals surface area contributed by atoms with Crippen molar-refractivity contribution in [2.45, 2.75) is 63.7 Å². The molecule has 178 valence electrons. The molecule has 2 fully saturated rings. The lowest BCUT2D eigenvalue weighted by atomic mass is 9.83. The summed E-state index contributed by atoms with van der Waals surface area (Å²) < 4.78 is 18.9. The molecule has 1 aliphatic heterocycles. The van der Waals surface area contributed by atoms with Crippen LogP contribution in [0.15, 0.2) is 53.1 Å². The Morgan fingerprint density at radius 2 is 1.68 bits per heavy atom. The van der Waals surface area contributed by atoms with E-state index in [1.807, 2.05) is 4.90 Å². The Bertz CT molecular complexity index is 1100. The van der Waals surface area contributed by atoms with Gasteiger partial charge in [-0.2, -0.15) is 4.98 Å². The summed E-state index contributed by atoms with van der Waals surface area (Å²) in [6.45, 7) is 3.53. The average molecular weight is 462 g/mol. The minimum atomic E-state index is -0.259. The minimum Gasteiger partial charge on any atom is -0.341 e. The molecule has 2 atom stereocenters. The molecule has 1 aromatic heterocycles. The molecule has 3 aromatic rings. The van der Waals surface area contributed by atoms with Crippen LogP contribution in [0.3, 0.4) is 0 Å². The van der Waals surface area contributed by atoms with Gasteiger partial charge in [-0.1, -0.05) is 61.3 Å². The van der Waals surface area contributed by atoms with Gasteiger partial charge in [-0.05, 0) is 54.5 Å². The fraction of sp³-hybridized carbons (Fsp3) is 0.464. The van der Waals surface area contributed by atoms with Gasteiger partial charge in [0.1, 0.15) is 5.82 Å². The van der Waals surface area contributed by atoms with Crippen molar-refractivity contribution in [3.05, 3.63) is 82.8 Å². The molecule has 2 heterocycles. The number of piperidine rings is 1. The van der Waals surface area contributed by atoms with Crippen LogP contribution in [-0.4, -0.2) is 34.0 Å². The molecular weight excluding hydrogens is 429 g/mol. The Balaban J connectivity index is 1.36. The zero-order valence-corrected chi connectivity index (χ0v) is 19.8. The third kappa shape index (κ3) is 5.06. The van der Waals surface area contributed by atoms with Crippen LogP contribution >= 0.6 is 0 Å². The van der Waals surface area contributed by atoms with E-state index in [0.717, 1.165) is 50.6 Å². The Morgan fingerprint density at radius 1 is 1.00 bits per heavy atom. The summed E-state index contributed by atoms with van der Waals surface area (Å²) in [7, 11) is 0. The molecule has 0 spiro atoms. The molecule has 1 aliphatic carbocycles. The quantitative estimate of drug-likeness (QED) is 0.476. The van der Waals surface area contributed by atoms with E-state index < -0.39 is 0 Å². The molecule has 6 heteroatoms. The van der Waals surface area contributed by atoms with Crippen LogP contribution in [0.2, 0.25) is 0 Å². The van der Waals surface area contributed by atoms with Crippen molar-refractivity contribution >= 4 is 5.91 Å². The van der Waals surface area contributed by atoms with Crippen LogP contribution in [0.4, 0.5) is 4.39 Å². The second-order valence-electron chi connectivity index (χ2n) is 9.80. The van der Waals surface area contributed by atoms with E-state index in [2.05, 4.69) is 41.3 Å². The summed E-state index contributed by atoms with van der Waals surface area (Å²) in [5.74, 6) is 1.60. The molecule has 5 nitrogen and oxygen atoms in total. The predicted molar refractivity (Wildman–Crippen MR) is 128 cm³/mol.